The minimum absolute atomic E-state index is 0.579. The number of aromatic nitrogens is 6. The lowest BCUT2D eigenvalue weighted by Crippen LogP contribution is -2.02. The first kappa shape index (κ1) is 8.63. The molecule has 0 unspecified atom stereocenters. The average Bonchev–Trinajstić information content (AvgIpc) is 2.76. The summed E-state index contributed by atoms with van der Waals surface area (Å²) in [4.78, 5) is 3.26. The van der Waals surface area contributed by atoms with Crippen LogP contribution >= 0.6 is 0 Å². The van der Waals surface area contributed by atoms with Crippen molar-refractivity contribution >= 4 is 33.1 Å². The monoisotopic (exact) mass is 224 g/mol. The van der Waals surface area contributed by atoms with E-state index in [-0.39, 0.29) is 0 Å². The molecule has 82 valence electrons. The van der Waals surface area contributed by atoms with Crippen LogP contribution in [0.15, 0.2) is 24.3 Å². The molecule has 4 aromatic rings. The molecule has 1 N–H and O–H groups in total. The molecule has 1 aromatic carbocycles. The van der Waals surface area contributed by atoms with Crippen LogP contribution in [0.3, 0.4) is 0 Å². The Morgan fingerprint density at radius 1 is 1.12 bits per heavy atom. The van der Waals surface area contributed by atoms with Crippen LogP contribution in [0.5, 0.6) is 0 Å². The lowest BCUT2D eigenvalue weighted by atomic mass is 10.1. The Bertz CT molecular complexity index is 855. The van der Waals surface area contributed by atoms with E-state index < -0.39 is 0 Å². The van der Waals surface area contributed by atoms with Crippen LogP contribution in [-0.2, 0) is 7.05 Å². The normalized spacial score (nSPS) is 11.8. The van der Waals surface area contributed by atoms with Gasteiger partial charge in [0, 0.05) is 18.0 Å². The first-order valence-corrected chi connectivity index (χ1v) is 5.27. The van der Waals surface area contributed by atoms with Crippen molar-refractivity contribution in [2.75, 3.05) is 0 Å². The van der Waals surface area contributed by atoms with E-state index in [0.717, 1.165) is 27.5 Å². The van der Waals surface area contributed by atoms with E-state index in [9.17, 15) is 0 Å². The molecule has 0 saturated carbocycles. The molecular weight excluding hydrogens is 216 g/mol. The number of H-pyrrole nitrogens is 1. The smallest absolute Gasteiger partial charge is 0.211 e. The fourth-order valence-electron chi connectivity index (χ4n) is 2.23. The molecule has 3 aromatic heterocycles. The third-order valence-corrected chi connectivity index (χ3v) is 2.97. The van der Waals surface area contributed by atoms with Gasteiger partial charge < -0.3 is 4.98 Å². The van der Waals surface area contributed by atoms with Gasteiger partial charge in [0.2, 0.25) is 5.65 Å². The molecule has 0 aliphatic heterocycles. The Hall–Kier alpha value is -2.50. The van der Waals surface area contributed by atoms with Crippen LogP contribution in [0.2, 0.25) is 0 Å². The molecule has 0 aliphatic rings. The topological polar surface area (TPSA) is 72.3 Å². The summed E-state index contributed by atoms with van der Waals surface area (Å²) in [7, 11) is 1.88. The van der Waals surface area contributed by atoms with Gasteiger partial charge in [0.05, 0.1) is 10.9 Å². The molecule has 0 amide bonds. The second-order valence-electron chi connectivity index (χ2n) is 3.98. The van der Waals surface area contributed by atoms with Crippen molar-refractivity contribution in [3.05, 3.63) is 24.3 Å². The number of hydrogen-bond acceptors (Lipinski definition) is 4. The fourth-order valence-corrected chi connectivity index (χ4v) is 2.23. The SMILES string of the molecule is Cn1nnc2nnc3[nH]c4ccccc4c1c23. The zero-order valence-corrected chi connectivity index (χ0v) is 9.05. The first-order chi connectivity index (χ1) is 8.34. The highest BCUT2D eigenvalue weighted by atomic mass is 15.4. The van der Waals surface area contributed by atoms with Gasteiger partial charge in [-0.05, 0) is 6.07 Å². The van der Waals surface area contributed by atoms with Crippen molar-refractivity contribution in [3.8, 4) is 0 Å². The number of rotatable bonds is 0. The molecule has 6 nitrogen and oxygen atoms in total. The fraction of sp³-hybridized carbons (Fsp3) is 0.0909. The maximum atomic E-state index is 4.09. The Balaban J connectivity index is 2.47. The summed E-state index contributed by atoms with van der Waals surface area (Å²) >= 11 is 0. The van der Waals surface area contributed by atoms with Gasteiger partial charge in [-0.2, -0.15) is 0 Å². The standard InChI is InChI=1S/C11H8N6/c1-17-9-6-4-2-3-5-7(6)12-10-8(9)11(14-13-10)15-16-17/h2-5H,1H3,(H,12,13,14). The molecule has 0 atom stereocenters. The van der Waals surface area contributed by atoms with Crippen LogP contribution in [0.25, 0.3) is 33.1 Å². The second-order valence-corrected chi connectivity index (χ2v) is 3.98. The Kier molecular flexibility index (Phi) is 1.42. The predicted octanol–water partition coefficient (Wildman–Crippen LogP) is 1.39. The third kappa shape index (κ3) is 0.988. The van der Waals surface area contributed by atoms with E-state index in [1.807, 2.05) is 25.2 Å². The molecule has 6 heteroatoms. The predicted molar refractivity (Wildman–Crippen MR) is 63.5 cm³/mol. The van der Waals surface area contributed by atoms with E-state index in [1.54, 1.807) is 4.68 Å². The van der Waals surface area contributed by atoms with Crippen molar-refractivity contribution in [3.63, 3.8) is 0 Å². The number of nitrogens with one attached hydrogen (secondary N) is 1. The summed E-state index contributed by atoms with van der Waals surface area (Å²) in [6.07, 6.45) is 0. The quantitative estimate of drug-likeness (QED) is 0.458. The van der Waals surface area contributed by atoms with Gasteiger partial charge in [-0.3, -0.25) is 0 Å². The number of hydrogen-bond donors (Lipinski definition) is 1. The molecule has 0 bridgehead atoms. The van der Waals surface area contributed by atoms with Crippen molar-refractivity contribution in [2.24, 2.45) is 7.05 Å². The minimum atomic E-state index is 0.579. The highest BCUT2D eigenvalue weighted by molar-refractivity contribution is 6.14. The Morgan fingerprint density at radius 3 is 2.94 bits per heavy atom. The van der Waals surface area contributed by atoms with E-state index in [1.165, 1.54) is 0 Å². The molecule has 0 aliphatic carbocycles. The maximum absolute atomic E-state index is 4.09. The number of nitrogens with zero attached hydrogens (tertiary/aromatic N) is 5. The molecular formula is C11H8N6. The second kappa shape index (κ2) is 2.79. The van der Waals surface area contributed by atoms with Crippen molar-refractivity contribution < 1.29 is 0 Å². The van der Waals surface area contributed by atoms with Crippen LogP contribution in [0.1, 0.15) is 0 Å². The van der Waals surface area contributed by atoms with Gasteiger partial charge in [0.1, 0.15) is 0 Å². The van der Waals surface area contributed by atoms with Gasteiger partial charge in [-0.1, -0.05) is 23.4 Å². The van der Waals surface area contributed by atoms with Crippen molar-refractivity contribution in [1.82, 2.24) is 30.2 Å². The van der Waals surface area contributed by atoms with E-state index >= 15 is 0 Å². The molecule has 0 spiro atoms. The zero-order chi connectivity index (χ0) is 11.4. The molecule has 3 heterocycles. The van der Waals surface area contributed by atoms with Gasteiger partial charge in [-0.25, -0.2) is 4.68 Å². The lowest BCUT2D eigenvalue weighted by Gasteiger charge is -2.06. The number of aromatic amines is 1. The number of aryl methyl sites for hydroxylation is 1. The third-order valence-electron chi connectivity index (χ3n) is 2.97. The Labute approximate surface area is 95.3 Å². The summed E-state index contributed by atoms with van der Waals surface area (Å²) in [6.45, 7) is 0. The summed E-state index contributed by atoms with van der Waals surface area (Å²) in [5.41, 5.74) is 3.35. The number of benzene rings is 1. The average molecular weight is 224 g/mol. The van der Waals surface area contributed by atoms with Crippen LogP contribution in [-0.4, -0.2) is 30.2 Å². The molecule has 4 rings (SSSR count). The van der Waals surface area contributed by atoms with Gasteiger partial charge >= 0.3 is 0 Å². The molecule has 0 fully saturated rings. The first-order valence-electron chi connectivity index (χ1n) is 5.27. The van der Waals surface area contributed by atoms with Gasteiger partial charge in [-0.15, -0.1) is 15.3 Å². The van der Waals surface area contributed by atoms with Crippen molar-refractivity contribution in [2.45, 2.75) is 0 Å². The summed E-state index contributed by atoms with van der Waals surface area (Å²) in [6, 6.07) is 8.05. The van der Waals surface area contributed by atoms with Crippen LogP contribution in [0.4, 0.5) is 0 Å². The number of fused-ring (bicyclic) bond motifs is 2. The summed E-state index contributed by atoms with van der Waals surface area (Å²) in [5, 5.41) is 18.2. The summed E-state index contributed by atoms with van der Waals surface area (Å²) < 4.78 is 1.76. The maximum Gasteiger partial charge on any atom is 0.211 e. The lowest BCUT2D eigenvalue weighted by molar-refractivity contribution is 0.706. The highest BCUT2D eigenvalue weighted by Gasteiger charge is 2.13. The molecule has 0 radical (unpaired) electrons. The molecule has 17 heavy (non-hydrogen) atoms. The van der Waals surface area contributed by atoms with E-state index in [0.29, 0.717) is 5.65 Å². The summed E-state index contributed by atoms with van der Waals surface area (Å²) in [5.74, 6) is 0. The number of para-hydroxylation sites is 1. The number of pyridine rings is 1. The highest BCUT2D eigenvalue weighted by Crippen LogP contribution is 2.27. The Morgan fingerprint density at radius 2 is 2.00 bits per heavy atom. The van der Waals surface area contributed by atoms with Crippen LogP contribution in [0, 0.1) is 0 Å². The van der Waals surface area contributed by atoms with Crippen molar-refractivity contribution in [1.29, 1.82) is 0 Å². The zero-order valence-electron chi connectivity index (χ0n) is 9.05. The van der Waals surface area contributed by atoms with E-state index in [4.69, 9.17) is 0 Å². The molecule has 0 saturated heterocycles. The van der Waals surface area contributed by atoms with E-state index in [2.05, 4.69) is 31.6 Å². The van der Waals surface area contributed by atoms with Gasteiger partial charge in [0.25, 0.3) is 0 Å². The minimum Gasteiger partial charge on any atom is -0.337 e. The van der Waals surface area contributed by atoms with Crippen LogP contribution < -0.4 is 0 Å². The van der Waals surface area contributed by atoms with Gasteiger partial charge in [0.15, 0.2) is 5.65 Å². The largest absolute Gasteiger partial charge is 0.337 e.